The highest BCUT2D eigenvalue weighted by molar-refractivity contribution is 5.67. The number of halogens is 1. The summed E-state index contributed by atoms with van der Waals surface area (Å²) in [5.74, 6) is -1.05. The molecule has 112 valence electrons. The average molecular weight is 281 g/mol. The van der Waals surface area contributed by atoms with E-state index in [4.69, 9.17) is 5.11 Å². The maximum Gasteiger partial charge on any atom is 0.304 e. The van der Waals surface area contributed by atoms with Gasteiger partial charge >= 0.3 is 5.97 Å². The van der Waals surface area contributed by atoms with Crippen molar-refractivity contribution in [2.45, 2.75) is 45.6 Å². The van der Waals surface area contributed by atoms with Crippen LogP contribution in [0.3, 0.4) is 0 Å². The Kier molecular flexibility index (Phi) is 7.23. The van der Waals surface area contributed by atoms with Crippen LogP contribution >= 0.6 is 0 Å². The number of nitrogens with zero attached hydrogens (tertiary/aromatic N) is 1. The Morgan fingerprint density at radius 1 is 1.30 bits per heavy atom. The minimum atomic E-state index is -0.785. The highest BCUT2D eigenvalue weighted by atomic mass is 19.1. The number of hydrogen-bond acceptors (Lipinski definition) is 2. The normalized spacial score (nSPS) is 12.6. The van der Waals surface area contributed by atoms with E-state index in [1.165, 1.54) is 12.1 Å². The number of likely N-dealkylation sites (N-methyl/N-ethyl adjacent to an activating group) is 1. The molecule has 0 saturated carbocycles. The molecule has 0 fully saturated rings. The van der Waals surface area contributed by atoms with Gasteiger partial charge in [0.05, 0.1) is 6.42 Å². The maximum absolute atomic E-state index is 12.9. The number of hydrogen-bond donors (Lipinski definition) is 1. The molecule has 0 aliphatic heterocycles. The first-order valence-corrected chi connectivity index (χ1v) is 7.27. The summed E-state index contributed by atoms with van der Waals surface area (Å²) in [6, 6.07) is 6.29. The molecule has 1 rings (SSSR count). The maximum atomic E-state index is 12.9. The first kappa shape index (κ1) is 16.6. The van der Waals surface area contributed by atoms with E-state index in [9.17, 15) is 9.18 Å². The Hall–Kier alpha value is -1.42. The zero-order valence-corrected chi connectivity index (χ0v) is 12.3. The molecule has 1 aromatic rings. The standard InChI is InChI=1S/C16H24FNO2/c1-3-5-10-18(4-2)15(12-16(19)20)11-13-6-8-14(17)9-7-13/h6-9,15H,3-5,10-12H2,1-2H3,(H,19,20). The van der Waals surface area contributed by atoms with Crippen LogP contribution in [-0.2, 0) is 11.2 Å². The fraction of sp³-hybridized carbons (Fsp3) is 0.562. The fourth-order valence-electron chi connectivity index (χ4n) is 2.38. The van der Waals surface area contributed by atoms with Crippen molar-refractivity contribution in [3.05, 3.63) is 35.6 Å². The van der Waals surface area contributed by atoms with E-state index in [0.717, 1.165) is 31.5 Å². The molecule has 3 nitrogen and oxygen atoms in total. The van der Waals surface area contributed by atoms with Crippen molar-refractivity contribution < 1.29 is 14.3 Å². The summed E-state index contributed by atoms with van der Waals surface area (Å²) < 4.78 is 12.9. The van der Waals surface area contributed by atoms with Crippen molar-refractivity contribution in [1.29, 1.82) is 0 Å². The number of carbonyl (C=O) groups is 1. The van der Waals surface area contributed by atoms with E-state index < -0.39 is 5.97 Å². The van der Waals surface area contributed by atoms with Gasteiger partial charge in [-0.3, -0.25) is 9.69 Å². The molecule has 0 bridgehead atoms. The number of carboxylic acids is 1. The Morgan fingerprint density at radius 3 is 2.45 bits per heavy atom. The minimum Gasteiger partial charge on any atom is -0.481 e. The van der Waals surface area contributed by atoms with Crippen LogP contribution in [-0.4, -0.2) is 35.1 Å². The van der Waals surface area contributed by atoms with Crippen molar-refractivity contribution in [3.63, 3.8) is 0 Å². The van der Waals surface area contributed by atoms with Crippen LogP contribution in [0.5, 0.6) is 0 Å². The summed E-state index contributed by atoms with van der Waals surface area (Å²) in [6.45, 7) is 5.92. The Labute approximate surface area is 120 Å². The quantitative estimate of drug-likeness (QED) is 0.754. The van der Waals surface area contributed by atoms with Crippen molar-refractivity contribution in [3.8, 4) is 0 Å². The third-order valence-electron chi connectivity index (χ3n) is 3.52. The minimum absolute atomic E-state index is 0.0329. The van der Waals surface area contributed by atoms with Gasteiger partial charge < -0.3 is 5.11 Å². The molecule has 1 N–H and O–H groups in total. The highest BCUT2D eigenvalue weighted by Crippen LogP contribution is 2.14. The number of unbranched alkanes of at least 4 members (excludes halogenated alkanes) is 1. The van der Waals surface area contributed by atoms with Crippen LogP contribution in [0.1, 0.15) is 38.7 Å². The van der Waals surface area contributed by atoms with E-state index in [1.54, 1.807) is 12.1 Å². The second-order valence-corrected chi connectivity index (χ2v) is 5.06. The van der Waals surface area contributed by atoms with Gasteiger partial charge in [-0.1, -0.05) is 32.4 Å². The first-order valence-electron chi connectivity index (χ1n) is 7.27. The van der Waals surface area contributed by atoms with E-state index in [2.05, 4.69) is 18.7 Å². The first-order chi connectivity index (χ1) is 9.56. The monoisotopic (exact) mass is 281 g/mol. The summed E-state index contributed by atoms with van der Waals surface area (Å²) in [4.78, 5) is 13.3. The summed E-state index contributed by atoms with van der Waals surface area (Å²) in [7, 11) is 0. The lowest BCUT2D eigenvalue weighted by Gasteiger charge is -2.30. The molecular formula is C16H24FNO2. The smallest absolute Gasteiger partial charge is 0.304 e. The summed E-state index contributed by atoms with van der Waals surface area (Å²) in [5.41, 5.74) is 0.979. The van der Waals surface area contributed by atoms with Gasteiger partial charge in [0, 0.05) is 6.04 Å². The van der Waals surface area contributed by atoms with Crippen molar-refractivity contribution in [2.24, 2.45) is 0 Å². The molecule has 1 atom stereocenters. The lowest BCUT2D eigenvalue weighted by Crippen LogP contribution is -2.39. The van der Waals surface area contributed by atoms with Crippen LogP contribution < -0.4 is 0 Å². The predicted octanol–water partition coefficient (Wildman–Crippen LogP) is 3.33. The molecule has 0 radical (unpaired) electrons. The van der Waals surface area contributed by atoms with Crippen LogP contribution in [0.4, 0.5) is 4.39 Å². The van der Waals surface area contributed by atoms with Gasteiger partial charge in [-0.15, -0.1) is 0 Å². The van der Waals surface area contributed by atoms with Crippen LogP contribution in [0.15, 0.2) is 24.3 Å². The zero-order chi connectivity index (χ0) is 15.0. The number of rotatable bonds is 9. The van der Waals surface area contributed by atoms with Gasteiger partial charge in [-0.25, -0.2) is 4.39 Å². The van der Waals surface area contributed by atoms with Gasteiger partial charge in [-0.2, -0.15) is 0 Å². The van der Waals surface area contributed by atoms with E-state index >= 15 is 0 Å². The van der Waals surface area contributed by atoms with E-state index in [0.29, 0.717) is 6.42 Å². The van der Waals surface area contributed by atoms with Crippen molar-refractivity contribution >= 4 is 5.97 Å². The largest absolute Gasteiger partial charge is 0.481 e. The summed E-state index contributed by atoms with van der Waals surface area (Å²) >= 11 is 0. The van der Waals surface area contributed by atoms with Crippen molar-refractivity contribution in [2.75, 3.05) is 13.1 Å². The third-order valence-corrected chi connectivity index (χ3v) is 3.52. The van der Waals surface area contributed by atoms with Crippen LogP contribution in [0, 0.1) is 5.82 Å². The molecule has 1 aromatic carbocycles. The van der Waals surface area contributed by atoms with Gasteiger partial charge in [0.1, 0.15) is 5.82 Å². The zero-order valence-electron chi connectivity index (χ0n) is 12.3. The van der Waals surface area contributed by atoms with Gasteiger partial charge in [-0.05, 0) is 43.6 Å². The SMILES string of the molecule is CCCCN(CC)C(CC(=O)O)Cc1ccc(F)cc1. The van der Waals surface area contributed by atoms with E-state index in [1.807, 2.05) is 0 Å². The third kappa shape index (κ3) is 5.70. The Balaban J connectivity index is 2.76. The lowest BCUT2D eigenvalue weighted by atomic mass is 10.0. The molecule has 0 aliphatic rings. The number of carboxylic acid groups (broad SMARTS) is 1. The Bertz CT molecular complexity index is 405. The Morgan fingerprint density at radius 2 is 1.95 bits per heavy atom. The molecule has 0 amide bonds. The van der Waals surface area contributed by atoms with Gasteiger partial charge in [0.15, 0.2) is 0 Å². The molecule has 4 heteroatoms. The van der Waals surface area contributed by atoms with Crippen molar-refractivity contribution in [1.82, 2.24) is 4.90 Å². The van der Waals surface area contributed by atoms with E-state index in [-0.39, 0.29) is 18.3 Å². The van der Waals surface area contributed by atoms with Gasteiger partial charge in [0.25, 0.3) is 0 Å². The molecule has 20 heavy (non-hydrogen) atoms. The lowest BCUT2D eigenvalue weighted by molar-refractivity contribution is -0.138. The molecule has 0 heterocycles. The number of aliphatic carboxylic acids is 1. The summed E-state index contributed by atoms with van der Waals surface area (Å²) in [5, 5.41) is 9.09. The van der Waals surface area contributed by atoms with Gasteiger partial charge in [0.2, 0.25) is 0 Å². The molecule has 1 unspecified atom stereocenters. The molecule has 0 aliphatic carbocycles. The second kappa shape index (κ2) is 8.69. The second-order valence-electron chi connectivity index (χ2n) is 5.06. The highest BCUT2D eigenvalue weighted by Gasteiger charge is 2.20. The molecule has 0 spiro atoms. The summed E-state index contributed by atoms with van der Waals surface area (Å²) in [6.07, 6.45) is 2.92. The topological polar surface area (TPSA) is 40.5 Å². The average Bonchev–Trinajstić information content (AvgIpc) is 2.41. The molecule has 0 aromatic heterocycles. The molecular weight excluding hydrogens is 257 g/mol. The van der Waals surface area contributed by atoms with Crippen LogP contribution in [0.2, 0.25) is 0 Å². The predicted molar refractivity (Wildman–Crippen MR) is 78.3 cm³/mol. The fourth-order valence-corrected chi connectivity index (χ4v) is 2.38. The van der Waals surface area contributed by atoms with Crippen LogP contribution in [0.25, 0.3) is 0 Å². The molecule has 0 saturated heterocycles. The number of benzene rings is 1.